The third-order valence-corrected chi connectivity index (χ3v) is 3.58. The number of rotatable bonds is 4. The predicted molar refractivity (Wildman–Crippen MR) is 75.5 cm³/mol. The van der Waals surface area contributed by atoms with Gasteiger partial charge in [0.15, 0.2) is 0 Å². The van der Waals surface area contributed by atoms with Gasteiger partial charge in [-0.25, -0.2) is 4.98 Å². The summed E-state index contributed by atoms with van der Waals surface area (Å²) in [5, 5.41) is 2.86. The van der Waals surface area contributed by atoms with E-state index in [0.29, 0.717) is 6.42 Å². The first-order valence-corrected chi connectivity index (χ1v) is 6.77. The van der Waals surface area contributed by atoms with Crippen molar-refractivity contribution in [1.82, 2.24) is 4.98 Å². The Bertz CT molecular complexity index is 543. The van der Waals surface area contributed by atoms with Gasteiger partial charge in [-0.05, 0) is 12.1 Å². The van der Waals surface area contributed by atoms with Crippen molar-refractivity contribution in [2.24, 2.45) is 5.92 Å². The monoisotopic (exact) mass is 260 g/mol. The Morgan fingerprint density at radius 3 is 2.61 bits per heavy atom. The molecule has 0 amide bonds. The summed E-state index contributed by atoms with van der Waals surface area (Å²) in [5.41, 5.74) is 8.33. The fourth-order valence-electron chi connectivity index (χ4n) is 1.53. The quantitative estimate of drug-likeness (QED) is 0.859. The highest BCUT2D eigenvalue weighted by atomic mass is 32.1. The normalized spacial score (nSPS) is 10.8. The average molecular weight is 260 g/mol. The number of carbonyl (C=O) groups excluding carboxylic acids is 1. The van der Waals surface area contributed by atoms with Crippen LogP contribution in [0, 0.1) is 5.92 Å². The molecule has 3 nitrogen and oxygen atoms in total. The van der Waals surface area contributed by atoms with Crippen LogP contribution < -0.4 is 5.73 Å². The molecule has 0 aliphatic heterocycles. The van der Waals surface area contributed by atoms with Gasteiger partial charge in [0.2, 0.25) is 0 Å². The van der Waals surface area contributed by atoms with E-state index in [4.69, 9.17) is 5.73 Å². The Morgan fingerprint density at radius 2 is 2.00 bits per heavy atom. The third-order valence-electron chi connectivity index (χ3n) is 2.73. The van der Waals surface area contributed by atoms with Crippen LogP contribution in [0.2, 0.25) is 0 Å². The van der Waals surface area contributed by atoms with Crippen LogP contribution in [0.4, 0.5) is 5.69 Å². The molecule has 2 aromatic rings. The maximum absolute atomic E-state index is 11.7. The lowest BCUT2D eigenvalue weighted by Gasteiger charge is -2.00. The molecule has 0 saturated heterocycles. The zero-order valence-electron chi connectivity index (χ0n) is 10.5. The molecule has 1 aromatic heterocycles. The molecule has 0 atom stereocenters. The van der Waals surface area contributed by atoms with E-state index in [0.717, 1.165) is 22.0 Å². The van der Waals surface area contributed by atoms with Crippen molar-refractivity contribution in [3.05, 3.63) is 34.7 Å². The van der Waals surface area contributed by atoms with Crippen molar-refractivity contribution < 1.29 is 4.79 Å². The number of nitrogens with zero attached hydrogens (tertiary/aromatic N) is 1. The lowest BCUT2D eigenvalue weighted by molar-refractivity contribution is -0.121. The number of Topliss-reactive ketones (excluding diaryl/α,β-unsaturated/α-hetero) is 1. The van der Waals surface area contributed by atoms with Crippen molar-refractivity contribution in [1.29, 1.82) is 0 Å². The second kappa shape index (κ2) is 5.31. The standard InChI is InChI=1S/C14H16N2OS/c1-9(2)13(17)7-14-16-12(8-18-14)10-3-5-11(15)6-4-10/h3-6,8-9H,7,15H2,1-2H3. The smallest absolute Gasteiger partial charge is 0.142 e. The summed E-state index contributed by atoms with van der Waals surface area (Å²) in [6.07, 6.45) is 0.428. The number of ketones is 1. The Labute approximate surface area is 111 Å². The Balaban J connectivity index is 2.15. The number of benzene rings is 1. The fraction of sp³-hybridized carbons (Fsp3) is 0.286. The molecule has 1 aromatic carbocycles. The summed E-state index contributed by atoms with van der Waals surface area (Å²) < 4.78 is 0. The average Bonchev–Trinajstić information content (AvgIpc) is 2.78. The first kappa shape index (κ1) is 12.8. The van der Waals surface area contributed by atoms with E-state index in [1.165, 1.54) is 11.3 Å². The molecule has 0 saturated carbocycles. The molecule has 2 N–H and O–H groups in total. The van der Waals surface area contributed by atoms with Gasteiger partial charge in [0.25, 0.3) is 0 Å². The molecule has 0 fully saturated rings. The molecular formula is C14H16N2OS. The van der Waals surface area contributed by atoms with Gasteiger partial charge in [0, 0.05) is 22.5 Å². The number of anilines is 1. The number of thiazole rings is 1. The number of nitrogens with two attached hydrogens (primary N) is 1. The van der Waals surface area contributed by atoms with Gasteiger partial charge in [0.05, 0.1) is 12.1 Å². The SMILES string of the molecule is CC(C)C(=O)Cc1nc(-c2ccc(N)cc2)cs1. The van der Waals surface area contributed by atoms with Gasteiger partial charge in [0.1, 0.15) is 10.8 Å². The van der Waals surface area contributed by atoms with E-state index in [2.05, 4.69) is 4.98 Å². The number of hydrogen-bond donors (Lipinski definition) is 1. The van der Waals surface area contributed by atoms with Crippen molar-refractivity contribution in [2.45, 2.75) is 20.3 Å². The molecule has 0 bridgehead atoms. The Kier molecular flexibility index (Phi) is 3.77. The highest BCUT2D eigenvalue weighted by Gasteiger charge is 2.11. The summed E-state index contributed by atoms with van der Waals surface area (Å²) in [6, 6.07) is 7.60. The first-order chi connectivity index (χ1) is 8.56. The van der Waals surface area contributed by atoms with Crippen LogP contribution in [-0.4, -0.2) is 10.8 Å². The van der Waals surface area contributed by atoms with Crippen molar-refractivity contribution in [2.75, 3.05) is 5.73 Å². The summed E-state index contributed by atoms with van der Waals surface area (Å²) in [6.45, 7) is 3.83. The molecule has 1 heterocycles. The lowest BCUT2D eigenvalue weighted by atomic mass is 10.1. The van der Waals surface area contributed by atoms with Crippen LogP contribution in [-0.2, 0) is 11.2 Å². The van der Waals surface area contributed by atoms with Crippen LogP contribution in [0.15, 0.2) is 29.6 Å². The van der Waals surface area contributed by atoms with Crippen LogP contribution in [0.25, 0.3) is 11.3 Å². The van der Waals surface area contributed by atoms with E-state index in [-0.39, 0.29) is 11.7 Å². The fourth-order valence-corrected chi connectivity index (χ4v) is 2.34. The highest BCUT2D eigenvalue weighted by molar-refractivity contribution is 7.10. The summed E-state index contributed by atoms with van der Waals surface area (Å²) >= 11 is 1.53. The van der Waals surface area contributed by atoms with Gasteiger partial charge in [-0.15, -0.1) is 11.3 Å². The van der Waals surface area contributed by atoms with E-state index >= 15 is 0 Å². The second-order valence-electron chi connectivity index (χ2n) is 4.55. The van der Waals surface area contributed by atoms with Gasteiger partial charge < -0.3 is 5.73 Å². The number of hydrogen-bond acceptors (Lipinski definition) is 4. The highest BCUT2D eigenvalue weighted by Crippen LogP contribution is 2.23. The summed E-state index contributed by atoms with van der Waals surface area (Å²) in [7, 11) is 0. The van der Waals surface area contributed by atoms with Gasteiger partial charge in [-0.1, -0.05) is 26.0 Å². The van der Waals surface area contributed by atoms with Gasteiger partial charge >= 0.3 is 0 Å². The molecule has 2 rings (SSSR count). The molecule has 0 aliphatic rings. The van der Waals surface area contributed by atoms with Crippen molar-refractivity contribution in [3.63, 3.8) is 0 Å². The molecule has 0 spiro atoms. The lowest BCUT2D eigenvalue weighted by Crippen LogP contribution is -2.09. The van der Waals surface area contributed by atoms with Crippen molar-refractivity contribution >= 4 is 22.8 Å². The first-order valence-electron chi connectivity index (χ1n) is 5.89. The maximum Gasteiger partial charge on any atom is 0.142 e. The molecule has 4 heteroatoms. The Morgan fingerprint density at radius 1 is 1.33 bits per heavy atom. The van der Waals surface area contributed by atoms with Crippen LogP contribution in [0.5, 0.6) is 0 Å². The number of nitrogen functional groups attached to an aromatic ring is 1. The molecule has 0 radical (unpaired) electrons. The number of aromatic nitrogens is 1. The topological polar surface area (TPSA) is 56.0 Å². The zero-order chi connectivity index (χ0) is 13.1. The zero-order valence-corrected chi connectivity index (χ0v) is 11.3. The minimum absolute atomic E-state index is 0.0638. The van der Waals surface area contributed by atoms with E-state index in [9.17, 15) is 4.79 Å². The van der Waals surface area contributed by atoms with Crippen LogP contribution in [0.3, 0.4) is 0 Å². The number of carbonyl (C=O) groups is 1. The molecule has 94 valence electrons. The summed E-state index contributed by atoms with van der Waals surface area (Å²) in [4.78, 5) is 16.1. The van der Waals surface area contributed by atoms with Gasteiger partial charge in [-0.2, -0.15) is 0 Å². The van der Waals surface area contributed by atoms with Gasteiger partial charge in [-0.3, -0.25) is 4.79 Å². The molecule has 0 unspecified atom stereocenters. The Hall–Kier alpha value is -1.68. The van der Waals surface area contributed by atoms with E-state index in [1.54, 1.807) is 0 Å². The maximum atomic E-state index is 11.7. The third kappa shape index (κ3) is 2.96. The second-order valence-corrected chi connectivity index (χ2v) is 5.49. The molecular weight excluding hydrogens is 244 g/mol. The molecule has 18 heavy (non-hydrogen) atoms. The predicted octanol–water partition coefficient (Wildman–Crippen LogP) is 3.16. The molecule has 0 aliphatic carbocycles. The van der Waals surface area contributed by atoms with Crippen LogP contribution >= 0.6 is 11.3 Å². The van der Waals surface area contributed by atoms with E-state index in [1.807, 2.05) is 43.5 Å². The summed E-state index contributed by atoms with van der Waals surface area (Å²) in [5.74, 6) is 0.294. The van der Waals surface area contributed by atoms with E-state index < -0.39 is 0 Å². The minimum atomic E-state index is 0.0638. The minimum Gasteiger partial charge on any atom is -0.399 e. The largest absolute Gasteiger partial charge is 0.399 e. The van der Waals surface area contributed by atoms with Crippen LogP contribution in [0.1, 0.15) is 18.9 Å². The van der Waals surface area contributed by atoms with Crippen molar-refractivity contribution in [3.8, 4) is 11.3 Å².